The normalized spacial score (nSPS) is 20.3. The van der Waals surface area contributed by atoms with Gasteiger partial charge in [0.1, 0.15) is 5.82 Å². The first kappa shape index (κ1) is 20.8. The maximum absolute atomic E-state index is 13.8. The van der Waals surface area contributed by atoms with Crippen LogP contribution in [0, 0.1) is 5.82 Å². The molecule has 7 heteroatoms. The van der Waals surface area contributed by atoms with Gasteiger partial charge >= 0.3 is 0 Å². The smallest absolute Gasteiger partial charge is 0.251 e. The van der Waals surface area contributed by atoms with E-state index in [-0.39, 0.29) is 42.8 Å². The number of rotatable bonds is 7. The fourth-order valence-electron chi connectivity index (χ4n) is 2.68. The van der Waals surface area contributed by atoms with Gasteiger partial charge in [0.15, 0.2) is 0 Å². The number of hydrogen-bond donors (Lipinski definition) is 2. The SMILES string of the molecule is COCCOCc1cc(C(=O)NC2CCC(N)CC2)ccc1F.Cl. The summed E-state index contributed by atoms with van der Waals surface area (Å²) in [5.41, 5.74) is 6.69. The van der Waals surface area contributed by atoms with Gasteiger partial charge in [-0.1, -0.05) is 0 Å². The van der Waals surface area contributed by atoms with Crippen LogP contribution in [-0.4, -0.2) is 38.3 Å². The molecule has 0 bridgehead atoms. The first-order valence-corrected chi connectivity index (χ1v) is 8.01. The zero-order chi connectivity index (χ0) is 16.7. The van der Waals surface area contributed by atoms with Gasteiger partial charge in [-0.2, -0.15) is 0 Å². The summed E-state index contributed by atoms with van der Waals surface area (Å²) in [7, 11) is 1.58. The molecule has 1 amide bonds. The third-order valence-corrected chi connectivity index (χ3v) is 4.10. The van der Waals surface area contributed by atoms with Crippen molar-refractivity contribution < 1.29 is 18.7 Å². The Morgan fingerprint density at radius 3 is 2.67 bits per heavy atom. The van der Waals surface area contributed by atoms with Crippen molar-refractivity contribution in [2.45, 2.75) is 44.4 Å². The molecule has 0 heterocycles. The molecule has 1 fully saturated rings. The molecule has 0 atom stereocenters. The number of ether oxygens (including phenoxy) is 2. The van der Waals surface area contributed by atoms with E-state index in [0.29, 0.717) is 24.3 Å². The van der Waals surface area contributed by atoms with Crippen molar-refractivity contribution in [1.82, 2.24) is 5.32 Å². The molecule has 0 spiro atoms. The zero-order valence-electron chi connectivity index (χ0n) is 13.9. The van der Waals surface area contributed by atoms with E-state index in [1.165, 1.54) is 12.1 Å². The first-order valence-electron chi connectivity index (χ1n) is 8.01. The van der Waals surface area contributed by atoms with Crippen molar-refractivity contribution >= 4 is 18.3 Å². The van der Waals surface area contributed by atoms with Crippen LogP contribution in [-0.2, 0) is 16.1 Å². The van der Waals surface area contributed by atoms with Crippen molar-refractivity contribution in [3.05, 3.63) is 35.1 Å². The van der Waals surface area contributed by atoms with Crippen LogP contribution < -0.4 is 11.1 Å². The van der Waals surface area contributed by atoms with Gasteiger partial charge in [0.25, 0.3) is 5.91 Å². The molecule has 2 rings (SSSR count). The molecule has 1 saturated carbocycles. The van der Waals surface area contributed by atoms with Crippen molar-refractivity contribution in [1.29, 1.82) is 0 Å². The van der Waals surface area contributed by atoms with Gasteiger partial charge in [0, 0.05) is 30.3 Å². The highest BCUT2D eigenvalue weighted by atomic mass is 35.5. The van der Waals surface area contributed by atoms with Gasteiger partial charge in [-0.25, -0.2) is 4.39 Å². The number of methoxy groups -OCH3 is 1. The topological polar surface area (TPSA) is 73.6 Å². The van der Waals surface area contributed by atoms with Gasteiger partial charge < -0.3 is 20.5 Å². The van der Waals surface area contributed by atoms with Crippen molar-refractivity contribution in [2.75, 3.05) is 20.3 Å². The molecular weight excluding hydrogens is 335 g/mol. The Labute approximate surface area is 148 Å². The van der Waals surface area contributed by atoms with E-state index in [1.54, 1.807) is 13.2 Å². The largest absolute Gasteiger partial charge is 0.382 e. The molecule has 0 unspecified atom stereocenters. The minimum Gasteiger partial charge on any atom is -0.382 e. The average Bonchev–Trinajstić information content (AvgIpc) is 2.55. The molecule has 1 aromatic rings. The summed E-state index contributed by atoms with van der Waals surface area (Å²) in [5, 5.41) is 3.00. The van der Waals surface area contributed by atoms with Crippen molar-refractivity contribution in [3.63, 3.8) is 0 Å². The van der Waals surface area contributed by atoms with Crippen LogP contribution in [0.4, 0.5) is 4.39 Å². The molecule has 5 nitrogen and oxygen atoms in total. The molecular formula is C17H26ClFN2O3. The molecule has 0 aromatic heterocycles. The number of amides is 1. The molecule has 1 aliphatic rings. The van der Waals surface area contributed by atoms with Gasteiger partial charge in [-0.05, 0) is 43.9 Å². The van der Waals surface area contributed by atoms with E-state index in [4.69, 9.17) is 15.2 Å². The van der Waals surface area contributed by atoms with E-state index in [9.17, 15) is 9.18 Å². The Morgan fingerprint density at radius 1 is 1.29 bits per heavy atom. The number of nitrogens with two attached hydrogens (primary N) is 1. The van der Waals surface area contributed by atoms with Crippen molar-refractivity contribution in [2.24, 2.45) is 5.73 Å². The van der Waals surface area contributed by atoms with E-state index in [1.807, 2.05) is 0 Å². The molecule has 24 heavy (non-hydrogen) atoms. The number of carbonyl (C=O) groups excluding carboxylic acids is 1. The number of carbonyl (C=O) groups is 1. The van der Waals surface area contributed by atoms with Crippen LogP contribution in [0.25, 0.3) is 0 Å². The highest BCUT2D eigenvalue weighted by Gasteiger charge is 2.21. The summed E-state index contributed by atoms with van der Waals surface area (Å²) in [4.78, 5) is 12.3. The van der Waals surface area contributed by atoms with Crippen molar-refractivity contribution in [3.8, 4) is 0 Å². The summed E-state index contributed by atoms with van der Waals surface area (Å²) in [5.74, 6) is -0.550. The van der Waals surface area contributed by atoms with E-state index in [0.717, 1.165) is 25.7 Å². The van der Waals surface area contributed by atoms with Gasteiger partial charge in [-0.15, -0.1) is 12.4 Å². The Morgan fingerprint density at radius 2 is 2.00 bits per heavy atom. The van der Waals surface area contributed by atoms with E-state index in [2.05, 4.69) is 5.32 Å². The first-order chi connectivity index (χ1) is 11.1. The minimum absolute atomic E-state index is 0. The standard InChI is InChI=1S/C17H25FN2O3.ClH/c1-22-8-9-23-11-13-10-12(2-7-16(13)18)17(21)20-15-5-3-14(19)4-6-15;/h2,7,10,14-15H,3-6,8-9,11,19H2,1H3,(H,20,21);1H. The second-order valence-electron chi connectivity index (χ2n) is 5.94. The predicted octanol–water partition coefficient (Wildman–Crippen LogP) is 2.41. The molecule has 0 aliphatic heterocycles. The highest BCUT2D eigenvalue weighted by Crippen LogP contribution is 2.18. The molecule has 0 radical (unpaired) electrons. The summed E-state index contributed by atoms with van der Waals surface area (Å²) < 4.78 is 24.0. The Hall–Kier alpha value is -1.21. The second kappa shape index (κ2) is 10.6. The number of nitrogens with one attached hydrogen (secondary N) is 1. The molecule has 1 aliphatic carbocycles. The Balaban J connectivity index is 0.00000288. The van der Waals surface area contributed by atoms with E-state index >= 15 is 0 Å². The average molecular weight is 361 g/mol. The van der Waals surface area contributed by atoms with Crippen LogP contribution in [0.3, 0.4) is 0 Å². The lowest BCUT2D eigenvalue weighted by molar-refractivity contribution is 0.0603. The predicted molar refractivity (Wildman–Crippen MR) is 92.9 cm³/mol. The lowest BCUT2D eigenvalue weighted by Gasteiger charge is -2.26. The third-order valence-electron chi connectivity index (χ3n) is 4.10. The quantitative estimate of drug-likeness (QED) is 0.732. The number of halogens is 2. The van der Waals surface area contributed by atoms with Crippen LogP contribution in [0.1, 0.15) is 41.6 Å². The Bertz CT molecular complexity index is 523. The van der Waals surface area contributed by atoms with E-state index < -0.39 is 0 Å². The highest BCUT2D eigenvalue weighted by molar-refractivity contribution is 5.94. The lowest BCUT2D eigenvalue weighted by atomic mass is 9.91. The van der Waals surface area contributed by atoms with Crippen LogP contribution in [0.15, 0.2) is 18.2 Å². The summed E-state index contributed by atoms with van der Waals surface area (Å²) in [6.07, 6.45) is 3.63. The summed E-state index contributed by atoms with van der Waals surface area (Å²) in [6.45, 7) is 0.953. The maximum atomic E-state index is 13.8. The minimum atomic E-state index is -0.373. The zero-order valence-corrected chi connectivity index (χ0v) is 14.7. The van der Waals surface area contributed by atoms with Gasteiger partial charge in [-0.3, -0.25) is 4.79 Å². The molecule has 0 saturated heterocycles. The maximum Gasteiger partial charge on any atom is 0.251 e. The number of hydrogen-bond acceptors (Lipinski definition) is 4. The van der Waals surface area contributed by atoms with Crippen LogP contribution in [0.2, 0.25) is 0 Å². The lowest BCUT2D eigenvalue weighted by Crippen LogP contribution is -2.40. The van der Waals surface area contributed by atoms with Crippen LogP contribution >= 0.6 is 12.4 Å². The summed E-state index contributed by atoms with van der Waals surface area (Å²) in [6, 6.07) is 4.74. The third kappa shape index (κ3) is 6.36. The molecule has 1 aromatic carbocycles. The summed E-state index contributed by atoms with van der Waals surface area (Å²) >= 11 is 0. The molecule has 136 valence electrons. The fraction of sp³-hybridized carbons (Fsp3) is 0.588. The number of benzene rings is 1. The van der Waals surface area contributed by atoms with Gasteiger partial charge in [0.2, 0.25) is 0 Å². The fourth-order valence-corrected chi connectivity index (χ4v) is 2.68. The Kier molecular flexibility index (Phi) is 9.21. The van der Waals surface area contributed by atoms with Crippen LogP contribution in [0.5, 0.6) is 0 Å². The molecule has 3 N–H and O–H groups in total. The monoisotopic (exact) mass is 360 g/mol. The van der Waals surface area contributed by atoms with Gasteiger partial charge in [0.05, 0.1) is 19.8 Å². The second-order valence-corrected chi connectivity index (χ2v) is 5.94.